The second-order valence-corrected chi connectivity index (χ2v) is 6.05. The lowest BCUT2D eigenvalue weighted by Gasteiger charge is -2.15. The number of fused-ring (bicyclic) bond motifs is 1. The summed E-state index contributed by atoms with van der Waals surface area (Å²) in [5, 5.41) is 13.9. The number of non-ortho nitro benzene ring substituents is 1. The van der Waals surface area contributed by atoms with Gasteiger partial charge >= 0.3 is 5.97 Å². The summed E-state index contributed by atoms with van der Waals surface area (Å²) in [5.41, 5.74) is 0.335. The van der Waals surface area contributed by atoms with Crippen molar-refractivity contribution in [3.8, 4) is 11.5 Å². The smallest absolute Gasteiger partial charge is 0.338 e. The average Bonchev–Trinajstić information content (AvgIpc) is 3.15. The number of ether oxygens (including phenoxy) is 3. The molecule has 0 saturated heterocycles. The highest BCUT2D eigenvalue weighted by Gasteiger charge is 2.21. The van der Waals surface area contributed by atoms with Crippen LogP contribution in [0, 0.1) is 10.1 Å². The minimum Gasteiger partial charge on any atom is -0.462 e. The molecule has 9 heteroatoms. The Morgan fingerprint density at radius 3 is 2.61 bits per heavy atom. The molecule has 1 atom stereocenters. The van der Waals surface area contributed by atoms with Crippen LogP contribution >= 0.6 is 0 Å². The van der Waals surface area contributed by atoms with Crippen molar-refractivity contribution in [2.24, 2.45) is 0 Å². The van der Waals surface area contributed by atoms with Gasteiger partial charge in [-0.25, -0.2) is 4.79 Å². The van der Waals surface area contributed by atoms with Gasteiger partial charge in [-0.1, -0.05) is 6.07 Å². The molecular weight excluding hydrogens is 368 g/mol. The van der Waals surface area contributed by atoms with Crippen molar-refractivity contribution >= 4 is 17.6 Å². The summed E-state index contributed by atoms with van der Waals surface area (Å²) < 4.78 is 15.5. The lowest BCUT2D eigenvalue weighted by Crippen LogP contribution is -2.27. The van der Waals surface area contributed by atoms with Crippen LogP contribution in [0.2, 0.25) is 0 Å². The monoisotopic (exact) mass is 386 g/mol. The van der Waals surface area contributed by atoms with Crippen LogP contribution in [-0.2, 0) is 4.74 Å². The van der Waals surface area contributed by atoms with Gasteiger partial charge in [-0.15, -0.1) is 0 Å². The minimum absolute atomic E-state index is 0.00940. The molecule has 0 aliphatic carbocycles. The van der Waals surface area contributed by atoms with Crippen molar-refractivity contribution in [3.05, 3.63) is 63.2 Å². The van der Waals surface area contributed by atoms with E-state index in [1.165, 1.54) is 6.07 Å². The minimum atomic E-state index is -0.732. The molecule has 1 N–H and O–H groups in total. The molecule has 1 aliphatic heterocycles. The molecule has 0 aromatic heterocycles. The van der Waals surface area contributed by atoms with Gasteiger partial charge < -0.3 is 19.5 Å². The van der Waals surface area contributed by atoms with Crippen LogP contribution in [0.25, 0.3) is 0 Å². The summed E-state index contributed by atoms with van der Waals surface area (Å²) in [6.07, 6.45) is 0. The number of rotatable bonds is 6. The first-order chi connectivity index (χ1) is 13.4. The molecule has 1 aliphatic rings. The van der Waals surface area contributed by atoms with Gasteiger partial charge in [-0.3, -0.25) is 14.9 Å². The van der Waals surface area contributed by atoms with Gasteiger partial charge in [0.1, 0.15) is 0 Å². The molecule has 9 nitrogen and oxygen atoms in total. The molecule has 0 bridgehead atoms. The van der Waals surface area contributed by atoms with Crippen molar-refractivity contribution in [2.45, 2.75) is 19.9 Å². The summed E-state index contributed by atoms with van der Waals surface area (Å²) in [7, 11) is 0. The van der Waals surface area contributed by atoms with Crippen molar-refractivity contribution in [3.63, 3.8) is 0 Å². The number of benzene rings is 2. The van der Waals surface area contributed by atoms with E-state index in [9.17, 15) is 19.7 Å². The first kappa shape index (κ1) is 19.2. The van der Waals surface area contributed by atoms with E-state index in [1.807, 2.05) is 0 Å². The Morgan fingerprint density at radius 2 is 1.89 bits per heavy atom. The second-order valence-electron chi connectivity index (χ2n) is 6.05. The predicted molar refractivity (Wildman–Crippen MR) is 97.5 cm³/mol. The van der Waals surface area contributed by atoms with Crippen LogP contribution in [0.15, 0.2) is 36.4 Å². The van der Waals surface area contributed by atoms with Gasteiger partial charge in [-0.05, 0) is 37.6 Å². The van der Waals surface area contributed by atoms with E-state index in [0.717, 1.165) is 17.7 Å². The maximum Gasteiger partial charge on any atom is 0.338 e. The summed E-state index contributed by atoms with van der Waals surface area (Å²) in [5.74, 6) is -0.0814. The van der Waals surface area contributed by atoms with E-state index in [-0.39, 0.29) is 30.2 Å². The lowest BCUT2D eigenvalue weighted by atomic mass is 10.1. The Morgan fingerprint density at radius 1 is 1.18 bits per heavy atom. The van der Waals surface area contributed by atoms with Gasteiger partial charge in [0.15, 0.2) is 11.5 Å². The second kappa shape index (κ2) is 7.95. The van der Waals surface area contributed by atoms with Crippen LogP contribution in [0.1, 0.15) is 46.2 Å². The average molecular weight is 386 g/mol. The zero-order chi connectivity index (χ0) is 20.3. The van der Waals surface area contributed by atoms with Gasteiger partial charge in [0, 0.05) is 17.7 Å². The topological polar surface area (TPSA) is 117 Å². The Kier molecular flexibility index (Phi) is 5.44. The van der Waals surface area contributed by atoms with E-state index in [1.54, 1.807) is 32.0 Å². The maximum atomic E-state index is 12.6. The van der Waals surface area contributed by atoms with E-state index in [4.69, 9.17) is 14.2 Å². The maximum absolute atomic E-state index is 12.6. The summed E-state index contributed by atoms with van der Waals surface area (Å²) >= 11 is 0. The summed E-state index contributed by atoms with van der Waals surface area (Å²) in [4.78, 5) is 35.1. The van der Waals surface area contributed by atoms with E-state index in [0.29, 0.717) is 11.5 Å². The number of esters is 1. The molecular formula is C19H18N2O7. The van der Waals surface area contributed by atoms with Crippen LogP contribution in [0.5, 0.6) is 11.5 Å². The molecule has 2 aromatic carbocycles. The van der Waals surface area contributed by atoms with Gasteiger partial charge in [0.05, 0.1) is 23.1 Å². The normalized spacial score (nSPS) is 12.9. The third-order valence-electron chi connectivity index (χ3n) is 4.15. The summed E-state index contributed by atoms with van der Waals surface area (Å²) in [6.45, 7) is 3.64. The number of nitrogens with one attached hydrogen (secondary N) is 1. The Bertz CT molecular complexity index is 942. The molecule has 0 fully saturated rings. The Labute approximate surface area is 160 Å². The zero-order valence-electron chi connectivity index (χ0n) is 15.3. The van der Waals surface area contributed by atoms with E-state index < -0.39 is 22.8 Å². The van der Waals surface area contributed by atoms with Crippen molar-refractivity contribution < 1.29 is 28.7 Å². The van der Waals surface area contributed by atoms with E-state index >= 15 is 0 Å². The number of carbonyl (C=O) groups excluding carboxylic acids is 2. The van der Waals surface area contributed by atoms with Crippen LogP contribution < -0.4 is 14.8 Å². The largest absolute Gasteiger partial charge is 0.462 e. The number of nitro groups is 1. The van der Waals surface area contributed by atoms with E-state index in [2.05, 4.69) is 5.32 Å². The highest BCUT2D eigenvalue weighted by molar-refractivity contribution is 5.99. The van der Waals surface area contributed by atoms with Crippen LogP contribution in [0.4, 0.5) is 5.69 Å². The molecule has 0 radical (unpaired) electrons. The molecule has 0 saturated carbocycles. The predicted octanol–water partition coefficient (Wildman–Crippen LogP) is 2.99. The number of amides is 1. The zero-order valence-corrected chi connectivity index (χ0v) is 15.3. The third kappa shape index (κ3) is 4.03. The number of nitrogens with zero attached hydrogens (tertiary/aromatic N) is 1. The molecule has 146 valence electrons. The highest BCUT2D eigenvalue weighted by atomic mass is 16.7. The third-order valence-corrected chi connectivity index (χ3v) is 4.15. The van der Waals surface area contributed by atoms with Crippen LogP contribution in [-0.4, -0.2) is 30.2 Å². The fourth-order valence-electron chi connectivity index (χ4n) is 2.73. The lowest BCUT2D eigenvalue weighted by molar-refractivity contribution is -0.384. The SMILES string of the molecule is CCOC(=O)c1cc(C(=O)NC(C)c2ccc3c(c2)OCO3)cc([N+](=O)[O-])c1. The number of nitro benzene ring substituents is 1. The Balaban J connectivity index is 1.82. The van der Waals surface area contributed by atoms with Gasteiger partial charge in [0.25, 0.3) is 11.6 Å². The molecule has 0 spiro atoms. The molecule has 1 amide bonds. The standard InChI is InChI=1S/C19H18N2O7/c1-3-26-19(23)14-6-13(7-15(8-14)21(24)25)18(22)20-11(2)12-4-5-16-17(9-12)28-10-27-16/h4-9,11H,3,10H2,1-2H3,(H,20,22). The fourth-order valence-corrected chi connectivity index (χ4v) is 2.73. The number of hydrogen-bond acceptors (Lipinski definition) is 7. The van der Waals surface area contributed by atoms with Crippen molar-refractivity contribution in [1.82, 2.24) is 5.32 Å². The van der Waals surface area contributed by atoms with Crippen molar-refractivity contribution in [1.29, 1.82) is 0 Å². The molecule has 2 aromatic rings. The Hall–Kier alpha value is -3.62. The van der Waals surface area contributed by atoms with Gasteiger partial charge in [0.2, 0.25) is 6.79 Å². The highest BCUT2D eigenvalue weighted by Crippen LogP contribution is 2.34. The molecule has 28 heavy (non-hydrogen) atoms. The van der Waals surface area contributed by atoms with Crippen LogP contribution in [0.3, 0.4) is 0 Å². The van der Waals surface area contributed by atoms with Crippen molar-refractivity contribution in [2.75, 3.05) is 13.4 Å². The molecule has 1 heterocycles. The van der Waals surface area contributed by atoms with Gasteiger partial charge in [-0.2, -0.15) is 0 Å². The first-order valence-corrected chi connectivity index (χ1v) is 8.56. The summed E-state index contributed by atoms with van der Waals surface area (Å²) in [6, 6.07) is 8.34. The molecule has 1 unspecified atom stereocenters. The first-order valence-electron chi connectivity index (χ1n) is 8.56. The fraction of sp³-hybridized carbons (Fsp3) is 0.263. The molecule has 3 rings (SSSR count). The number of carbonyl (C=O) groups is 2. The number of hydrogen-bond donors (Lipinski definition) is 1. The quantitative estimate of drug-likeness (QED) is 0.461.